The first kappa shape index (κ1) is 18.1. The third-order valence-corrected chi connectivity index (χ3v) is 4.42. The van der Waals surface area contributed by atoms with Crippen molar-refractivity contribution in [3.63, 3.8) is 0 Å². The van der Waals surface area contributed by atoms with E-state index >= 15 is 0 Å². The highest BCUT2D eigenvalue weighted by Gasteiger charge is 2.10. The Morgan fingerprint density at radius 3 is 2.29 bits per heavy atom. The number of rotatable bonds is 10. The number of nitrogens with zero attached hydrogens (tertiary/aromatic N) is 1. The molecule has 0 aromatic heterocycles. The van der Waals surface area contributed by atoms with Crippen LogP contribution in [0.5, 0.6) is 0 Å². The Bertz CT molecular complexity index is 498. The van der Waals surface area contributed by atoms with Crippen LogP contribution >= 0.6 is 0 Å². The lowest BCUT2D eigenvalue weighted by molar-refractivity contribution is 0.400. The van der Waals surface area contributed by atoms with E-state index in [1.165, 1.54) is 0 Å². The van der Waals surface area contributed by atoms with Gasteiger partial charge in [0, 0.05) is 13.1 Å². The molecule has 0 saturated carbocycles. The molecule has 1 aromatic carbocycles. The fraction of sp³-hybridized carbons (Fsp3) is 0.600. The summed E-state index contributed by atoms with van der Waals surface area (Å²) in [6, 6.07) is 7.70. The molecule has 0 spiro atoms. The molecule has 1 aromatic rings. The lowest BCUT2D eigenvalue weighted by atomic mass is 10.1. The highest BCUT2D eigenvalue weighted by molar-refractivity contribution is 7.88. The zero-order valence-corrected chi connectivity index (χ0v) is 14.0. The maximum absolute atomic E-state index is 12.0. The molecule has 0 heterocycles. The van der Waals surface area contributed by atoms with E-state index in [2.05, 4.69) is 17.0 Å². The molecular weight excluding hydrogens is 286 g/mol. The summed E-state index contributed by atoms with van der Waals surface area (Å²) in [6.45, 7) is 5.16. The average molecular weight is 313 g/mol. The van der Waals surface area contributed by atoms with Crippen LogP contribution in [0.4, 0.5) is 0 Å². The molecule has 0 amide bonds. The summed E-state index contributed by atoms with van der Waals surface area (Å²) in [4.78, 5) is 2.04. The van der Waals surface area contributed by atoms with Gasteiger partial charge in [0.25, 0.3) is 0 Å². The fourth-order valence-corrected chi connectivity index (χ4v) is 3.10. The Morgan fingerprint density at radius 2 is 1.71 bits per heavy atom. The average Bonchev–Trinajstić information content (AvgIpc) is 2.42. The number of hydrogen-bond donors (Lipinski definition) is 2. The zero-order valence-electron chi connectivity index (χ0n) is 13.2. The van der Waals surface area contributed by atoms with Gasteiger partial charge in [0.2, 0.25) is 10.0 Å². The first-order chi connectivity index (χ1) is 9.93. The van der Waals surface area contributed by atoms with E-state index in [1.54, 1.807) is 0 Å². The van der Waals surface area contributed by atoms with Crippen LogP contribution in [0, 0.1) is 0 Å². The number of hydrogen-bond acceptors (Lipinski definition) is 4. The second-order valence-electron chi connectivity index (χ2n) is 5.41. The summed E-state index contributed by atoms with van der Waals surface area (Å²) in [7, 11) is 0.705. The third kappa shape index (κ3) is 8.16. The van der Waals surface area contributed by atoms with E-state index in [9.17, 15) is 8.42 Å². The Morgan fingerprint density at radius 1 is 1.10 bits per heavy atom. The first-order valence-corrected chi connectivity index (χ1v) is 8.99. The largest absolute Gasteiger partial charge is 0.313 e. The van der Waals surface area contributed by atoms with Gasteiger partial charge >= 0.3 is 0 Å². The van der Waals surface area contributed by atoms with Crippen LogP contribution in [-0.2, 0) is 22.3 Å². The van der Waals surface area contributed by atoms with E-state index in [0.29, 0.717) is 6.54 Å². The number of sulfonamides is 1. The second kappa shape index (κ2) is 9.15. The van der Waals surface area contributed by atoms with Crippen molar-refractivity contribution >= 4 is 10.0 Å². The molecule has 0 aliphatic heterocycles. The molecule has 0 aliphatic rings. The van der Waals surface area contributed by atoms with Crippen molar-refractivity contribution in [2.75, 3.05) is 33.7 Å². The minimum Gasteiger partial charge on any atom is -0.313 e. The van der Waals surface area contributed by atoms with Crippen LogP contribution < -0.4 is 10.0 Å². The number of benzene rings is 1. The lowest BCUT2D eigenvalue weighted by Crippen LogP contribution is -2.28. The molecule has 0 bridgehead atoms. The summed E-state index contributed by atoms with van der Waals surface area (Å²) in [5.74, 6) is 0.0381. The summed E-state index contributed by atoms with van der Waals surface area (Å²) in [6.07, 6.45) is 0.813. The van der Waals surface area contributed by atoms with Crippen LogP contribution in [0.1, 0.15) is 24.5 Å². The van der Waals surface area contributed by atoms with E-state index in [4.69, 9.17) is 0 Å². The first-order valence-electron chi connectivity index (χ1n) is 7.33. The Balaban J connectivity index is 2.43. The summed E-state index contributed by atoms with van der Waals surface area (Å²) < 4.78 is 26.6. The molecule has 5 nitrogen and oxygen atoms in total. The van der Waals surface area contributed by atoms with Gasteiger partial charge in [-0.25, -0.2) is 13.1 Å². The van der Waals surface area contributed by atoms with E-state index in [-0.39, 0.29) is 5.75 Å². The van der Waals surface area contributed by atoms with Crippen molar-refractivity contribution in [3.05, 3.63) is 35.4 Å². The van der Waals surface area contributed by atoms with Crippen molar-refractivity contribution in [2.45, 2.75) is 25.6 Å². The predicted molar refractivity (Wildman–Crippen MR) is 87.6 cm³/mol. The summed E-state index contributed by atoms with van der Waals surface area (Å²) in [5, 5.41) is 3.24. The van der Waals surface area contributed by atoms with Crippen LogP contribution in [0.3, 0.4) is 0 Å². The van der Waals surface area contributed by atoms with Crippen LogP contribution in [0.15, 0.2) is 24.3 Å². The molecule has 0 fully saturated rings. The van der Waals surface area contributed by atoms with Crippen molar-refractivity contribution in [1.29, 1.82) is 0 Å². The zero-order chi connectivity index (χ0) is 15.7. The van der Waals surface area contributed by atoms with Crippen molar-refractivity contribution < 1.29 is 8.42 Å². The van der Waals surface area contributed by atoms with Crippen LogP contribution in [0.25, 0.3) is 0 Å². The molecule has 120 valence electrons. The van der Waals surface area contributed by atoms with Crippen LogP contribution in [-0.4, -0.2) is 47.0 Å². The van der Waals surface area contributed by atoms with Gasteiger partial charge in [-0.05, 0) is 44.7 Å². The van der Waals surface area contributed by atoms with Crippen molar-refractivity contribution in [1.82, 2.24) is 14.9 Å². The molecule has 0 saturated heterocycles. The topological polar surface area (TPSA) is 61.4 Å². The van der Waals surface area contributed by atoms with Crippen LogP contribution in [0.2, 0.25) is 0 Å². The van der Waals surface area contributed by atoms with Gasteiger partial charge < -0.3 is 10.2 Å². The maximum atomic E-state index is 12.0. The van der Waals surface area contributed by atoms with Gasteiger partial charge in [0.1, 0.15) is 0 Å². The smallest absolute Gasteiger partial charge is 0.215 e. The lowest BCUT2D eigenvalue weighted by Gasteiger charge is -2.10. The highest BCUT2D eigenvalue weighted by Crippen LogP contribution is 2.08. The van der Waals surface area contributed by atoms with Crippen molar-refractivity contribution in [3.8, 4) is 0 Å². The van der Waals surface area contributed by atoms with E-state index in [0.717, 1.165) is 37.2 Å². The summed E-state index contributed by atoms with van der Waals surface area (Å²) >= 11 is 0. The standard InChI is InChI=1S/C15H27N3O2S/c1-4-16-12-14-6-8-15(9-7-14)13-21(19,20)17-10-5-11-18(2)3/h6-9,16-17H,4-5,10-13H2,1-3H3. The highest BCUT2D eigenvalue weighted by atomic mass is 32.2. The minimum absolute atomic E-state index is 0.0381. The Kier molecular flexibility index (Phi) is 7.88. The van der Waals surface area contributed by atoms with Gasteiger partial charge in [0.15, 0.2) is 0 Å². The Labute approximate surface area is 128 Å². The van der Waals surface area contributed by atoms with Gasteiger partial charge in [-0.2, -0.15) is 0 Å². The molecule has 21 heavy (non-hydrogen) atoms. The second-order valence-corrected chi connectivity index (χ2v) is 7.21. The van der Waals surface area contributed by atoms with Gasteiger partial charge in [0.05, 0.1) is 5.75 Å². The molecule has 1 rings (SSSR count). The maximum Gasteiger partial charge on any atom is 0.215 e. The summed E-state index contributed by atoms with van der Waals surface area (Å²) in [5.41, 5.74) is 1.98. The fourth-order valence-electron chi connectivity index (χ4n) is 1.92. The quantitative estimate of drug-likeness (QED) is 0.637. The van der Waals surface area contributed by atoms with Gasteiger partial charge in [-0.3, -0.25) is 0 Å². The molecule has 0 aliphatic carbocycles. The predicted octanol–water partition coefficient (Wildman–Crippen LogP) is 1.17. The van der Waals surface area contributed by atoms with E-state index in [1.807, 2.05) is 43.3 Å². The molecule has 0 radical (unpaired) electrons. The monoisotopic (exact) mass is 313 g/mol. The molecule has 0 atom stereocenters. The third-order valence-electron chi connectivity index (χ3n) is 3.06. The number of nitrogens with one attached hydrogen (secondary N) is 2. The molecule has 2 N–H and O–H groups in total. The molecule has 6 heteroatoms. The van der Waals surface area contributed by atoms with E-state index < -0.39 is 10.0 Å². The van der Waals surface area contributed by atoms with Gasteiger partial charge in [-0.1, -0.05) is 31.2 Å². The minimum atomic E-state index is -3.25. The SMILES string of the molecule is CCNCc1ccc(CS(=O)(=O)NCCCN(C)C)cc1. The molecular formula is C15H27N3O2S. The van der Waals surface area contributed by atoms with Gasteiger partial charge in [-0.15, -0.1) is 0 Å². The normalized spacial score (nSPS) is 12.0. The van der Waals surface area contributed by atoms with Crippen molar-refractivity contribution in [2.24, 2.45) is 0 Å². The molecule has 0 unspecified atom stereocenters. The Hall–Kier alpha value is -0.950.